The molecule has 2 heterocycles. The first-order valence-electron chi connectivity index (χ1n) is 10.8. The van der Waals surface area contributed by atoms with E-state index in [4.69, 9.17) is 21.1 Å². The van der Waals surface area contributed by atoms with Crippen molar-refractivity contribution >= 4 is 55.3 Å². The van der Waals surface area contributed by atoms with Crippen LogP contribution in [0.3, 0.4) is 0 Å². The van der Waals surface area contributed by atoms with Gasteiger partial charge in [0.05, 0.1) is 23.2 Å². The van der Waals surface area contributed by atoms with Gasteiger partial charge in [0.2, 0.25) is 0 Å². The fourth-order valence-corrected chi connectivity index (χ4v) is 6.05. The molecular formula is C25H21BrClN3O3S. The zero-order chi connectivity index (χ0) is 23.7. The normalized spacial score (nSPS) is 13.4. The Morgan fingerprint density at radius 1 is 1.26 bits per heavy atom. The summed E-state index contributed by atoms with van der Waals surface area (Å²) in [6.07, 6.45) is 7.32. The quantitative estimate of drug-likeness (QED) is 0.264. The van der Waals surface area contributed by atoms with Gasteiger partial charge in [0.15, 0.2) is 11.5 Å². The second-order valence-corrected chi connectivity index (χ2v) is 10.3. The number of nitrogens with zero attached hydrogens (tertiary/aromatic N) is 3. The Balaban J connectivity index is 1.42. The van der Waals surface area contributed by atoms with Crippen LogP contribution in [-0.2, 0) is 19.4 Å². The highest BCUT2D eigenvalue weighted by atomic mass is 79.9. The first-order chi connectivity index (χ1) is 16.5. The van der Waals surface area contributed by atoms with Crippen LogP contribution >= 0.6 is 38.9 Å². The maximum Gasteiger partial charge on any atom is 0.282 e. The second-order valence-electron chi connectivity index (χ2n) is 7.94. The van der Waals surface area contributed by atoms with Crippen LogP contribution in [0, 0.1) is 0 Å². The first-order valence-corrected chi connectivity index (χ1v) is 12.8. The number of aryl methyl sites for hydroxylation is 2. The number of fused-ring (bicyclic) bond motifs is 3. The Morgan fingerprint density at radius 3 is 2.91 bits per heavy atom. The molecule has 0 N–H and O–H groups in total. The Bertz CT molecular complexity index is 1460. The number of aromatic nitrogens is 2. The van der Waals surface area contributed by atoms with E-state index >= 15 is 0 Å². The number of benzene rings is 2. The lowest BCUT2D eigenvalue weighted by Gasteiger charge is -2.14. The van der Waals surface area contributed by atoms with Crippen LogP contribution in [0.5, 0.6) is 11.5 Å². The van der Waals surface area contributed by atoms with E-state index in [1.54, 1.807) is 30.7 Å². The van der Waals surface area contributed by atoms with Gasteiger partial charge < -0.3 is 9.47 Å². The number of hydrogen-bond acceptors (Lipinski definition) is 6. The molecule has 0 unspecified atom stereocenters. The third kappa shape index (κ3) is 4.50. The van der Waals surface area contributed by atoms with Crippen LogP contribution in [0.2, 0.25) is 5.02 Å². The van der Waals surface area contributed by atoms with Crippen molar-refractivity contribution in [1.29, 1.82) is 0 Å². The van der Waals surface area contributed by atoms with Gasteiger partial charge >= 0.3 is 0 Å². The van der Waals surface area contributed by atoms with Crippen LogP contribution in [0.15, 0.2) is 57.1 Å². The molecule has 0 aliphatic heterocycles. The van der Waals surface area contributed by atoms with E-state index in [2.05, 4.69) is 26.0 Å². The summed E-state index contributed by atoms with van der Waals surface area (Å²) in [6, 6.07) is 11.2. The Labute approximate surface area is 213 Å². The zero-order valence-corrected chi connectivity index (χ0v) is 21.5. The maximum absolute atomic E-state index is 13.1. The third-order valence-corrected chi connectivity index (χ3v) is 7.93. The van der Waals surface area contributed by atoms with Gasteiger partial charge in [0.25, 0.3) is 5.56 Å². The number of hydrogen-bond donors (Lipinski definition) is 0. The van der Waals surface area contributed by atoms with E-state index in [1.165, 1.54) is 22.3 Å². The highest BCUT2D eigenvalue weighted by Crippen LogP contribution is 2.37. The average molecular weight is 559 g/mol. The van der Waals surface area contributed by atoms with E-state index < -0.39 is 0 Å². The summed E-state index contributed by atoms with van der Waals surface area (Å²) in [6.45, 7) is 0.300. The van der Waals surface area contributed by atoms with E-state index in [1.807, 2.05) is 30.3 Å². The van der Waals surface area contributed by atoms with Gasteiger partial charge in [-0.1, -0.05) is 29.8 Å². The summed E-state index contributed by atoms with van der Waals surface area (Å²) in [5.74, 6) is 1.10. The van der Waals surface area contributed by atoms with Crippen LogP contribution < -0.4 is 15.0 Å². The molecule has 2 aromatic heterocycles. The molecule has 1 aliphatic rings. The van der Waals surface area contributed by atoms with Crippen LogP contribution in [-0.4, -0.2) is 23.0 Å². The lowest BCUT2D eigenvalue weighted by molar-refractivity contribution is 0.282. The van der Waals surface area contributed by atoms with Crippen molar-refractivity contribution in [2.24, 2.45) is 5.10 Å². The second kappa shape index (κ2) is 9.90. The molecule has 2 aromatic carbocycles. The molecule has 0 amide bonds. The molecular weight excluding hydrogens is 538 g/mol. The van der Waals surface area contributed by atoms with Gasteiger partial charge in [-0.2, -0.15) is 9.78 Å². The van der Waals surface area contributed by atoms with Gasteiger partial charge in [-0.15, -0.1) is 11.3 Å². The molecule has 5 rings (SSSR count). The highest BCUT2D eigenvalue weighted by Gasteiger charge is 2.20. The van der Waals surface area contributed by atoms with Crippen molar-refractivity contribution in [1.82, 2.24) is 9.66 Å². The van der Waals surface area contributed by atoms with E-state index in [0.29, 0.717) is 33.0 Å². The molecule has 0 bridgehead atoms. The van der Waals surface area contributed by atoms with Gasteiger partial charge in [-0.25, -0.2) is 4.98 Å². The molecule has 0 saturated heterocycles. The fourth-order valence-electron chi connectivity index (χ4n) is 4.07. The Hall–Kier alpha value is -2.68. The summed E-state index contributed by atoms with van der Waals surface area (Å²) >= 11 is 11.4. The first kappa shape index (κ1) is 23.1. The predicted molar refractivity (Wildman–Crippen MR) is 140 cm³/mol. The molecule has 4 aromatic rings. The lowest BCUT2D eigenvalue weighted by atomic mass is 9.97. The van der Waals surface area contributed by atoms with Crippen molar-refractivity contribution in [3.63, 3.8) is 0 Å². The topological polar surface area (TPSA) is 65.7 Å². The molecule has 0 atom stereocenters. The molecule has 6 nitrogen and oxygen atoms in total. The van der Waals surface area contributed by atoms with Crippen molar-refractivity contribution in [2.45, 2.75) is 32.3 Å². The van der Waals surface area contributed by atoms with Crippen LogP contribution in [0.1, 0.15) is 34.4 Å². The van der Waals surface area contributed by atoms with Gasteiger partial charge in [0.1, 0.15) is 17.8 Å². The summed E-state index contributed by atoms with van der Waals surface area (Å²) in [4.78, 5) is 19.7. The third-order valence-electron chi connectivity index (χ3n) is 5.77. The molecule has 34 heavy (non-hydrogen) atoms. The minimum absolute atomic E-state index is 0.133. The lowest BCUT2D eigenvalue weighted by Crippen LogP contribution is -2.18. The summed E-state index contributed by atoms with van der Waals surface area (Å²) < 4.78 is 13.5. The van der Waals surface area contributed by atoms with E-state index in [0.717, 1.165) is 40.8 Å². The predicted octanol–water partition coefficient (Wildman–Crippen LogP) is 6.22. The molecule has 1 aliphatic carbocycles. The number of halogens is 2. The van der Waals surface area contributed by atoms with Gasteiger partial charge in [-0.05, 0) is 70.9 Å². The van der Waals surface area contributed by atoms with Crippen LogP contribution in [0.4, 0.5) is 0 Å². The number of ether oxygens (including phenoxy) is 2. The molecule has 0 spiro atoms. The highest BCUT2D eigenvalue weighted by molar-refractivity contribution is 9.10. The Morgan fingerprint density at radius 2 is 2.09 bits per heavy atom. The molecule has 0 saturated carbocycles. The standard InChI is InChI=1S/C25H21BrClN3O3S/c1-32-20-11-15(10-18(26)23(20)33-13-16-6-2-4-8-19(16)27)12-29-30-14-28-24-22(25(30)31)17-7-3-5-9-21(17)34-24/h2,4,6,8,10-12,14H,3,5,7,9,13H2,1H3/b29-12-. The van der Waals surface area contributed by atoms with Crippen molar-refractivity contribution in [3.8, 4) is 11.5 Å². The van der Waals surface area contributed by atoms with E-state index in [-0.39, 0.29) is 5.56 Å². The minimum Gasteiger partial charge on any atom is -0.493 e. The monoisotopic (exact) mass is 557 g/mol. The fraction of sp³-hybridized carbons (Fsp3) is 0.240. The average Bonchev–Trinajstić information content (AvgIpc) is 3.23. The van der Waals surface area contributed by atoms with Crippen molar-refractivity contribution in [2.75, 3.05) is 7.11 Å². The largest absolute Gasteiger partial charge is 0.493 e. The molecule has 9 heteroatoms. The zero-order valence-electron chi connectivity index (χ0n) is 18.4. The number of methoxy groups -OCH3 is 1. The number of thiophene rings is 1. The SMILES string of the molecule is COc1cc(/C=N\n2cnc3sc4c(c3c2=O)CCCC4)cc(Br)c1OCc1ccccc1Cl. The smallest absolute Gasteiger partial charge is 0.282 e. The maximum atomic E-state index is 13.1. The molecule has 0 fully saturated rings. The minimum atomic E-state index is -0.133. The summed E-state index contributed by atoms with van der Waals surface area (Å²) in [5.41, 5.74) is 2.64. The number of rotatable bonds is 6. The van der Waals surface area contributed by atoms with Gasteiger partial charge in [0, 0.05) is 15.5 Å². The van der Waals surface area contributed by atoms with E-state index in [9.17, 15) is 4.79 Å². The summed E-state index contributed by atoms with van der Waals surface area (Å²) in [7, 11) is 1.58. The Kier molecular flexibility index (Phi) is 6.72. The van der Waals surface area contributed by atoms with Gasteiger partial charge in [-0.3, -0.25) is 4.79 Å². The van der Waals surface area contributed by atoms with Crippen molar-refractivity contribution < 1.29 is 9.47 Å². The molecule has 0 radical (unpaired) electrons. The van der Waals surface area contributed by atoms with Crippen LogP contribution in [0.25, 0.3) is 10.2 Å². The summed E-state index contributed by atoms with van der Waals surface area (Å²) in [5, 5.41) is 5.75. The van der Waals surface area contributed by atoms with Crippen molar-refractivity contribution in [3.05, 3.63) is 84.1 Å². The molecule has 174 valence electrons.